The Morgan fingerprint density at radius 3 is 1.53 bits per heavy atom. The minimum absolute atomic E-state index is 0.0370. The highest BCUT2D eigenvalue weighted by atomic mass is 16.3. The molecule has 0 spiro atoms. The van der Waals surface area contributed by atoms with E-state index in [1.807, 2.05) is 41.5 Å². The lowest BCUT2D eigenvalue weighted by Gasteiger charge is -1.97. The van der Waals surface area contributed by atoms with Crippen LogP contribution in [0.3, 0.4) is 0 Å². The van der Waals surface area contributed by atoms with Gasteiger partial charge in [-0.15, -0.1) is 0 Å². The first-order chi connectivity index (χ1) is 7.20. The van der Waals surface area contributed by atoms with Gasteiger partial charge in [0.05, 0.1) is 5.69 Å². The van der Waals surface area contributed by atoms with Crippen molar-refractivity contribution in [2.24, 2.45) is 0 Å². The summed E-state index contributed by atoms with van der Waals surface area (Å²) in [4.78, 5) is 0. The molecule has 1 aromatic rings. The second kappa shape index (κ2) is 15.1. The molecule has 0 atom stereocenters. The Balaban J connectivity index is -0.000000208. The van der Waals surface area contributed by atoms with Crippen LogP contribution < -0.4 is 11.5 Å². The zero-order chi connectivity index (χ0) is 12.9. The van der Waals surface area contributed by atoms with Crippen LogP contribution in [-0.4, -0.2) is 5.11 Å². The van der Waals surface area contributed by atoms with Crippen molar-refractivity contribution in [2.45, 2.75) is 41.5 Å². The molecule has 0 aromatic heterocycles. The number of anilines is 2. The molecule has 3 heteroatoms. The number of benzene rings is 1. The third-order valence-electron chi connectivity index (χ3n) is 1.05. The number of nitrogen functional groups attached to an aromatic ring is 2. The van der Waals surface area contributed by atoms with Crippen molar-refractivity contribution in [3.63, 3.8) is 0 Å². The van der Waals surface area contributed by atoms with Gasteiger partial charge in [-0.3, -0.25) is 0 Å². The maximum atomic E-state index is 8.90. The summed E-state index contributed by atoms with van der Waals surface area (Å²) in [6.45, 7) is 12.0. The SMILES string of the molecule is CC.CC.CC.Nc1ccc(N)c(O)c1. The number of phenols is 1. The fourth-order valence-corrected chi connectivity index (χ4v) is 0.561. The van der Waals surface area contributed by atoms with Crippen LogP contribution in [0.2, 0.25) is 0 Å². The minimum Gasteiger partial charge on any atom is -0.506 e. The molecule has 0 radical (unpaired) electrons. The van der Waals surface area contributed by atoms with Gasteiger partial charge in [0.1, 0.15) is 5.75 Å². The number of rotatable bonds is 0. The van der Waals surface area contributed by atoms with E-state index in [0.29, 0.717) is 11.4 Å². The highest BCUT2D eigenvalue weighted by Gasteiger charge is 1.93. The molecule has 5 N–H and O–H groups in total. The zero-order valence-corrected chi connectivity index (χ0v) is 10.8. The first-order valence-corrected chi connectivity index (χ1v) is 5.54. The topological polar surface area (TPSA) is 72.3 Å². The first kappa shape index (κ1) is 19.2. The molecule has 0 aliphatic carbocycles. The average molecular weight is 214 g/mol. The lowest BCUT2D eigenvalue weighted by atomic mass is 10.3. The van der Waals surface area contributed by atoms with Gasteiger partial charge in [-0.05, 0) is 12.1 Å². The van der Waals surface area contributed by atoms with Crippen molar-refractivity contribution in [3.05, 3.63) is 18.2 Å². The summed E-state index contributed by atoms with van der Waals surface area (Å²) in [6, 6.07) is 4.61. The van der Waals surface area contributed by atoms with Crippen molar-refractivity contribution in [1.29, 1.82) is 0 Å². The molecule has 0 unspecified atom stereocenters. The largest absolute Gasteiger partial charge is 0.506 e. The Kier molecular flexibility index (Phi) is 19.4. The maximum Gasteiger partial charge on any atom is 0.140 e. The number of aromatic hydroxyl groups is 1. The van der Waals surface area contributed by atoms with E-state index in [9.17, 15) is 0 Å². The van der Waals surface area contributed by atoms with Crippen molar-refractivity contribution in [1.82, 2.24) is 0 Å². The molecule has 0 saturated carbocycles. The molecule has 0 aliphatic heterocycles. The second-order valence-corrected chi connectivity index (χ2v) is 1.82. The molecule has 15 heavy (non-hydrogen) atoms. The Morgan fingerprint density at radius 1 is 0.867 bits per heavy atom. The van der Waals surface area contributed by atoms with Gasteiger partial charge in [-0.25, -0.2) is 0 Å². The van der Waals surface area contributed by atoms with E-state index in [4.69, 9.17) is 16.6 Å². The Hall–Kier alpha value is -1.38. The van der Waals surface area contributed by atoms with Crippen molar-refractivity contribution in [3.8, 4) is 5.75 Å². The first-order valence-electron chi connectivity index (χ1n) is 5.54. The van der Waals surface area contributed by atoms with E-state index in [1.165, 1.54) is 6.07 Å². The molecule has 0 amide bonds. The monoisotopic (exact) mass is 214 g/mol. The van der Waals surface area contributed by atoms with E-state index in [2.05, 4.69) is 0 Å². The number of phenolic OH excluding ortho intramolecular Hbond substituents is 1. The number of nitrogens with two attached hydrogens (primary N) is 2. The third-order valence-corrected chi connectivity index (χ3v) is 1.05. The summed E-state index contributed by atoms with van der Waals surface area (Å²) in [5.41, 5.74) is 11.5. The molecule has 90 valence electrons. The average Bonchev–Trinajstić information content (AvgIpc) is 2.32. The standard InChI is InChI=1S/C6H8N2O.3C2H6/c7-4-1-2-5(8)6(9)3-4;3*1-2/h1-3,9H,7-8H2;3*1-2H3. The predicted octanol–water partition coefficient (Wildman–Crippen LogP) is 3.64. The van der Waals surface area contributed by atoms with Gasteiger partial charge in [0.2, 0.25) is 0 Å². The Bertz CT molecular complexity index is 225. The van der Waals surface area contributed by atoms with E-state index >= 15 is 0 Å². The fraction of sp³-hybridized carbons (Fsp3) is 0.500. The number of hydrogen-bond donors (Lipinski definition) is 3. The Morgan fingerprint density at radius 2 is 1.27 bits per heavy atom. The summed E-state index contributed by atoms with van der Waals surface area (Å²) in [5, 5.41) is 8.90. The van der Waals surface area contributed by atoms with Crippen molar-refractivity contribution in [2.75, 3.05) is 11.5 Å². The van der Waals surface area contributed by atoms with Crippen LogP contribution in [-0.2, 0) is 0 Å². The minimum atomic E-state index is 0.0370. The molecule has 0 bridgehead atoms. The van der Waals surface area contributed by atoms with Gasteiger partial charge in [0.25, 0.3) is 0 Å². The lowest BCUT2D eigenvalue weighted by Crippen LogP contribution is -1.88. The molecule has 3 nitrogen and oxygen atoms in total. The fourth-order valence-electron chi connectivity index (χ4n) is 0.561. The van der Waals surface area contributed by atoms with Gasteiger partial charge in [-0.2, -0.15) is 0 Å². The van der Waals surface area contributed by atoms with E-state index in [-0.39, 0.29) is 5.75 Å². The molecule has 0 saturated heterocycles. The molecular weight excluding hydrogens is 188 g/mol. The van der Waals surface area contributed by atoms with Crippen LogP contribution in [0.15, 0.2) is 18.2 Å². The molecule has 0 heterocycles. The van der Waals surface area contributed by atoms with Gasteiger partial charge < -0.3 is 16.6 Å². The molecular formula is C12H26N2O. The molecule has 0 aliphatic rings. The summed E-state index contributed by atoms with van der Waals surface area (Å²) >= 11 is 0. The lowest BCUT2D eigenvalue weighted by molar-refractivity contribution is 0.478. The molecule has 1 rings (SSSR count). The summed E-state index contributed by atoms with van der Waals surface area (Å²) < 4.78 is 0. The van der Waals surface area contributed by atoms with E-state index < -0.39 is 0 Å². The van der Waals surface area contributed by atoms with Crippen LogP contribution in [0, 0.1) is 0 Å². The quantitative estimate of drug-likeness (QED) is 0.456. The van der Waals surface area contributed by atoms with Gasteiger partial charge in [0.15, 0.2) is 0 Å². The normalized spacial score (nSPS) is 6.80. The van der Waals surface area contributed by atoms with Crippen LogP contribution in [0.1, 0.15) is 41.5 Å². The van der Waals surface area contributed by atoms with Crippen molar-refractivity contribution < 1.29 is 5.11 Å². The van der Waals surface area contributed by atoms with Crippen LogP contribution in [0.5, 0.6) is 5.75 Å². The van der Waals surface area contributed by atoms with Crippen LogP contribution in [0.25, 0.3) is 0 Å². The van der Waals surface area contributed by atoms with Crippen LogP contribution in [0.4, 0.5) is 11.4 Å². The van der Waals surface area contributed by atoms with Gasteiger partial charge in [-0.1, -0.05) is 41.5 Å². The predicted molar refractivity (Wildman–Crippen MR) is 71.0 cm³/mol. The van der Waals surface area contributed by atoms with E-state index in [0.717, 1.165) is 0 Å². The molecule has 1 aromatic carbocycles. The number of hydrogen-bond acceptors (Lipinski definition) is 3. The second-order valence-electron chi connectivity index (χ2n) is 1.82. The summed E-state index contributed by atoms with van der Waals surface area (Å²) in [6.07, 6.45) is 0. The van der Waals surface area contributed by atoms with Gasteiger partial charge >= 0.3 is 0 Å². The maximum absolute atomic E-state index is 8.90. The zero-order valence-electron chi connectivity index (χ0n) is 10.8. The highest BCUT2D eigenvalue weighted by Crippen LogP contribution is 2.21. The third kappa shape index (κ3) is 10.5. The van der Waals surface area contributed by atoms with Gasteiger partial charge in [0, 0.05) is 11.8 Å². The van der Waals surface area contributed by atoms with Crippen LogP contribution >= 0.6 is 0 Å². The Labute approximate surface area is 94.1 Å². The smallest absolute Gasteiger partial charge is 0.140 e. The molecule has 0 fully saturated rings. The summed E-state index contributed by atoms with van der Waals surface area (Å²) in [5.74, 6) is 0.0370. The summed E-state index contributed by atoms with van der Waals surface area (Å²) in [7, 11) is 0. The van der Waals surface area contributed by atoms with Crippen molar-refractivity contribution >= 4 is 11.4 Å². The van der Waals surface area contributed by atoms with E-state index in [1.54, 1.807) is 12.1 Å². The highest BCUT2D eigenvalue weighted by molar-refractivity contribution is 5.58.